The lowest BCUT2D eigenvalue weighted by Gasteiger charge is -2.31. The number of nitrogens with two attached hydrogens (primary N) is 1. The first-order valence-corrected chi connectivity index (χ1v) is 17.5. The van der Waals surface area contributed by atoms with Crippen molar-refractivity contribution in [2.45, 2.75) is 56.7 Å². The minimum Gasteiger partial charge on any atom is -0.390 e. The molecule has 0 bridgehead atoms. The van der Waals surface area contributed by atoms with E-state index in [2.05, 4.69) is 20.9 Å². The largest absolute Gasteiger partial charge is 0.390 e. The summed E-state index contributed by atoms with van der Waals surface area (Å²) < 4.78 is 28.8. The van der Waals surface area contributed by atoms with Crippen LogP contribution in [0.2, 0.25) is 0 Å². The average molecular weight is 703 g/mol. The Kier molecular flexibility index (Phi) is 12.8. The summed E-state index contributed by atoms with van der Waals surface area (Å²) in [5, 5.41) is 20.3. The van der Waals surface area contributed by atoms with Crippen LogP contribution in [0.5, 0.6) is 0 Å². The van der Waals surface area contributed by atoms with Crippen molar-refractivity contribution in [2.75, 3.05) is 18.4 Å². The minimum absolute atomic E-state index is 0.0199. The molecule has 0 aliphatic carbocycles. The molecule has 264 valence electrons. The van der Waals surface area contributed by atoms with Crippen molar-refractivity contribution in [3.8, 4) is 0 Å². The van der Waals surface area contributed by atoms with Gasteiger partial charge in [0, 0.05) is 31.1 Å². The highest BCUT2D eigenvalue weighted by Crippen LogP contribution is 2.21. The normalized spacial score (nSPS) is 13.4. The zero-order valence-electron chi connectivity index (χ0n) is 28.1. The molecule has 3 atom stereocenters. The van der Waals surface area contributed by atoms with Crippen LogP contribution in [-0.2, 0) is 30.8 Å². The third-order valence-corrected chi connectivity index (χ3v) is 9.57. The Balaban J connectivity index is 1.59. The fourth-order valence-electron chi connectivity index (χ4n) is 5.35. The van der Waals surface area contributed by atoms with E-state index in [1.807, 2.05) is 26.0 Å². The fraction of sp³-hybridized carbons (Fsp3) is 0.306. The van der Waals surface area contributed by atoms with Gasteiger partial charge in [-0.2, -0.15) is 4.31 Å². The number of amides is 4. The molecule has 0 spiro atoms. The first-order valence-electron chi connectivity index (χ1n) is 16.1. The van der Waals surface area contributed by atoms with Crippen molar-refractivity contribution in [2.24, 2.45) is 11.7 Å². The highest BCUT2D eigenvalue weighted by Gasteiger charge is 2.33. The molecule has 4 rings (SSSR count). The summed E-state index contributed by atoms with van der Waals surface area (Å²) in [7, 11) is -4.14. The molecule has 3 aromatic carbocycles. The summed E-state index contributed by atoms with van der Waals surface area (Å²) >= 11 is 0. The molecular weight excluding hydrogens is 660 g/mol. The Hall–Kier alpha value is -5.18. The standard InChI is InChI=1S/C36H42N6O7S/c1-23(2)21-42(50(48,49)28-16-14-27(15-17-28)38-24(3)43)22-33(44)31(19-25-9-5-4-6-10-25)40-36(47)32(20-34(37)45)41-35(46)30-18-13-26-11-7-8-12-29(26)39-30/h4-18,23,31-33,44H,19-22H2,1-3H3,(H2,37,45)(H,38,43)(H,40,47)(H,41,46)/t31?,32-,33?/m0/s1. The van der Waals surface area contributed by atoms with Gasteiger partial charge >= 0.3 is 0 Å². The van der Waals surface area contributed by atoms with Crippen LogP contribution in [0.15, 0.2) is 95.9 Å². The molecule has 0 radical (unpaired) electrons. The number of para-hydroxylation sites is 1. The van der Waals surface area contributed by atoms with Crippen molar-refractivity contribution >= 4 is 50.2 Å². The van der Waals surface area contributed by atoms with E-state index >= 15 is 0 Å². The van der Waals surface area contributed by atoms with E-state index in [1.54, 1.807) is 48.5 Å². The van der Waals surface area contributed by atoms with Gasteiger partial charge in [0.1, 0.15) is 11.7 Å². The number of hydrogen-bond donors (Lipinski definition) is 5. The number of aliphatic hydroxyl groups is 1. The van der Waals surface area contributed by atoms with Gasteiger partial charge in [-0.25, -0.2) is 13.4 Å². The molecule has 4 amide bonds. The second-order valence-electron chi connectivity index (χ2n) is 12.4. The van der Waals surface area contributed by atoms with E-state index in [9.17, 15) is 32.7 Å². The van der Waals surface area contributed by atoms with E-state index < -0.39 is 52.4 Å². The molecule has 0 saturated carbocycles. The summed E-state index contributed by atoms with van der Waals surface area (Å²) in [6.45, 7) is 4.67. The molecule has 0 fully saturated rings. The molecule has 14 heteroatoms. The number of aliphatic hydroxyl groups excluding tert-OH is 1. The van der Waals surface area contributed by atoms with Crippen LogP contribution in [0.1, 0.15) is 43.2 Å². The average Bonchev–Trinajstić information content (AvgIpc) is 3.07. The summed E-state index contributed by atoms with van der Waals surface area (Å²) in [4.78, 5) is 54.7. The number of carbonyl (C=O) groups excluding carboxylic acids is 4. The summed E-state index contributed by atoms with van der Waals surface area (Å²) in [5.41, 5.74) is 7.19. The zero-order valence-corrected chi connectivity index (χ0v) is 28.9. The van der Waals surface area contributed by atoms with Gasteiger partial charge < -0.3 is 26.8 Å². The van der Waals surface area contributed by atoms with Crippen LogP contribution in [0.3, 0.4) is 0 Å². The van der Waals surface area contributed by atoms with Gasteiger partial charge in [0.15, 0.2) is 0 Å². The van der Waals surface area contributed by atoms with Crippen LogP contribution >= 0.6 is 0 Å². The van der Waals surface area contributed by atoms with Crippen LogP contribution in [-0.4, -0.2) is 77.7 Å². The second kappa shape index (κ2) is 17.0. The SMILES string of the molecule is CC(=O)Nc1ccc(S(=O)(=O)N(CC(C)C)CC(O)C(Cc2ccccc2)NC(=O)[C@H](CC(N)=O)NC(=O)c2ccc3ccccc3n2)cc1. The molecule has 13 nitrogen and oxygen atoms in total. The van der Waals surface area contributed by atoms with E-state index in [0.717, 1.165) is 15.3 Å². The predicted octanol–water partition coefficient (Wildman–Crippen LogP) is 2.60. The summed E-state index contributed by atoms with van der Waals surface area (Å²) in [6, 6.07) is 22.5. The number of rotatable bonds is 16. The van der Waals surface area contributed by atoms with Crippen LogP contribution in [0, 0.1) is 5.92 Å². The number of benzene rings is 3. The highest BCUT2D eigenvalue weighted by molar-refractivity contribution is 7.89. The first kappa shape index (κ1) is 37.6. The Bertz CT molecular complexity index is 1920. The molecule has 6 N–H and O–H groups in total. The Labute approximate surface area is 291 Å². The molecule has 1 aromatic heterocycles. The maximum Gasteiger partial charge on any atom is 0.270 e. The fourth-order valence-corrected chi connectivity index (χ4v) is 6.97. The maximum absolute atomic E-state index is 13.8. The van der Waals surface area contributed by atoms with Gasteiger partial charge in [-0.3, -0.25) is 19.2 Å². The molecule has 0 aliphatic heterocycles. The van der Waals surface area contributed by atoms with Gasteiger partial charge in [0.25, 0.3) is 5.91 Å². The molecule has 0 saturated heterocycles. The molecule has 2 unspecified atom stereocenters. The number of anilines is 1. The smallest absolute Gasteiger partial charge is 0.270 e. The number of carbonyl (C=O) groups is 4. The summed E-state index contributed by atoms with van der Waals surface area (Å²) in [6.07, 6.45) is -1.88. The Morgan fingerprint density at radius 1 is 0.860 bits per heavy atom. The van der Waals surface area contributed by atoms with Gasteiger partial charge in [-0.05, 0) is 54.3 Å². The molecular formula is C36H42N6O7S. The lowest BCUT2D eigenvalue weighted by Crippen LogP contribution is -2.56. The number of hydrogen-bond acceptors (Lipinski definition) is 8. The second-order valence-corrected chi connectivity index (χ2v) is 14.3. The highest BCUT2D eigenvalue weighted by atomic mass is 32.2. The van der Waals surface area contributed by atoms with Gasteiger partial charge in [0.05, 0.1) is 29.0 Å². The Morgan fingerprint density at radius 2 is 1.52 bits per heavy atom. The third kappa shape index (κ3) is 10.4. The number of nitrogens with one attached hydrogen (secondary N) is 3. The number of fused-ring (bicyclic) bond motifs is 1. The van der Waals surface area contributed by atoms with Crippen molar-refractivity contribution in [3.63, 3.8) is 0 Å². The number of sulfonamides is 1. The summed E-state index contributed by atoms with van der Waals surface area (Å²) in [5.74, 6) is -2.80. The number of primary amides is 1. The molecule has 0 aliphatic rings. The van der Waals surface area contributed by atoms with Crippen molar-refractivity contribution < 1.29 is 32.7 Å². The van der Waals surface area contributed by atoms with Gasteiger partial charge in [-0.1, -0.05) is 68.4 Å². The van der Waals surface area contributed by atoms with Crippen LogP contribution < -0.4 is 21.7 Å². The molecule has 1 heterocycles. The van der Waals surface area contributed by atoms with Crippen molar-refractivity contribution in [3.05, 3.63) is 102 Å². The Morgan fingerprint density at radius 3 is 2.16 bits per heavy atom. The van der Waals surface area contributed by atoms with E-state index in [-0.39, 0.29) is 41.9 Å². The third-order valence-electron chi connectivity index (χ3n) is 7.72. The van der Waals surface area contributed by atoms with E-state index in [0.29, 0.717) is 11.2 Å². The predicted molar refractivity (Wildman–Crippen MR) is 189 cm³/mol. The lowest BCUT2D eigenvalue weighted by atomic mass is 10.00. The van der Waals surface area contributed by atoms with Crippen molar-refractivity contribution in [1.82, 2.24) is 19.9 Å². The lowest BCUT2D eigenvalue weighted by molar-refractivity contribution is -0.128. The van der Waals surface area contributed by atoms with Gasteiger partial charge in [0.2, 0.25) is 27.7 Å². The topological polar surface area (TPSA) is 201 Å². The monoisotopic (exact) mass is 702 g/mol. The quantitative estimate of drug-likeness (QED) is 0.117. The minimum atomic E-state index is -4.14. The van der Waals surface area contributed by atoms with E-state index in [1.165, 1.54) is 37.3 Å². The number of aromatic nitrogens is 1. The van der Waals surface area contributed by atoms with Crippen molar-refractivity contribution in [1.29, 1.82) is 0 Å². The number of nitrogens with zero attached hydrogens (tertiary/aromatic N) is 2. The zero-order chi connectivity index (χ0) is 36.4. The number of pyridine rings is 1. The van der Waals surface area contributed by atoms with Crippen LogP contribution in [0.4, 0.5) is 5.69 Å². The van der Waals surface area contributed by atoms with Gasteiger partial charge in [-0.15, -0.1) is 0 Å². The van der Waals surface area contributed by atoms with E-state index in [4.69, 9.17) is 5.73 Å². The molecule has 50 heavy (non-hydrogen) atoms. The van der Waals surface area contributed by atoms with Crippen LogP contribution in [0.25, 0.3) is 10.9 Å². The molecule has 4 aromatic rings. The first-order chi connectivity index (χ1) is 23.7. The maximum atomic E-state index is 13.8.